The lowest BCUT2D eigenvalue weighted by atomic mass is 10.1. The SMILES string of the molecule is N#Cc1cn(-c2ccc(C(=O)O)c(N=O)c2)c2cc(F)c(N=O)cc12. The van der Waals surface area contributed by atoms with Crippen molar-refractivity contribution in [3.63, 3.8) is 0 Å². The average molecular weight is 338 g/mol. The van der Waals surface area contributed by atoms with E-state index in [2.05, 4.69) is 10.4 Å². The van der Waals surface area contributed by atoms with Gasteiger partial charge in [-0.25, -0.2) is 9.18 Å². The number of nitriles is 1. The Morgan fingerprint density at radius 3 is 2.48 bits per heavy atom. The van der Waals surface area contributed by atoms with Crippen LogP contribution in [0.15, 0.2) is 46.9 Å². The van der Waals surface area contributed by atoms with Crippen LogP contribution in [0, 0.1) is 27.0 Å². The number of nitrogens with zero attached hydrogens (tertiary/aromatic N) is 4. The van der Waals surface area contributed by atoms with Gasteiger partial charge in [0.2, 0.25) is 0 Å². The Kier molecular flexibility index (Phi) is 3.79. The van der Waals surface area contributed by atoms with Gasteiger partial charge in [0.1, 0.15) is 17.4 Å². The van der Waals surface area contributed by atoms with Crippen molar-refractivity contribution in [2.75, 3.05) is 0 Å². The van der Waals surface area contributed by atoms with Crippen molar-refractivity contribution >= 4 is 28.2 Å². The molecule has 0 saturated carbocycles. The van der Waals surface area contributed by atoms with Gasteiger partial charge in [0.25, 0.3) is 0 Å². The summed E-state index contributed by atoms with van der Waals surface area (Å²) in [5.41, 5.74) is -0.314. The van der Waals surface area contributed by atoms with E-state index in [-0.39, 0.29) is 22.3 Å². The van der Waals surface area contributed by atoms with E-state index < -0.39 is 17.5 Å². The summed E-state index contributed by atoms with van der Waals surface area (Å²) in [5.74, 6) is -2.19. The van der Waals surface area contributed by atoms with Crippen LogP contribution in [0.25, 0.3) is 16.6 Å². The molecule has 0 amide bonds. The highest BCUT2D eigenvalue weighted by molar-refractivity contribution is 5.94. The van der Waals surface area contributed by atoms with Gasteiger partial charge in [-0.15, -0.1) is 9.81 Å². The molecule has 9 heteroatoms. The van der Waals surface area contributed by atoms with Gasteiger partial charge in [-0.1, -0.05) is 0 Å². The molecule has 0 radical (unpaired) electrons. The van der Waals surface area contributed by atoms with Gasteiger partial charge >= 0.3 is 5.97 Å². The number of carbonyl (C=O) groups is 1. The van der Waals surface area contributed by atoms with Crippen molar-refractivity contribution in [1.29, 1.82) is 5.26 Å². The summed E-state index contributed by atoms with van der Waals surface area (Å²) in [6.07, 6.45) is 1.38. The van der Waals surface area contributed by atoms with E-state index in [1.807, 2.05) is 6.07 Å². The largest absolute Gasteiger partial charge is 0.478 e. The lowest BCUT2D eigenvalue weighted by molar-refractivity contribution is 0.0698. The zero-order valence-corrected chi connectivity index (χ0v) is 12.3. The molecule has 3 aromatic rings. The Balaban J connectivity index is 2.31. The number of benzene rings is 2. The molecule has 0 aliphatic heterocycles. The lowest BCUT2D eigenvalue weighted by Crippen LogP contribution is -1.99. The van der Waals surface area contributed by atoms with Crippen LogP contribution in [0.2, 0.25) is 0 Å². The predicted molar refractivity (Wildman–Crippen MR) is 85.8 cm³/mol. The number of rotatable bonds is 4. The lowest BCUT2D eigenvalue weighted by Gasteiger charge is -2.07. The summed E-state index contributed by atoms with van der Waals surface area (Å²) >= 11 is 0. The molecule has 2 aromatic carbocycles. The standard InChI is InChI=1S/C16H7FN4O4/c17-12-5-15-11(4-14(12)20-25)8(6-18)7-21(15)9-1-2-10(16(22)23)13(3-9)19-24/h1-5,7H,(H,22,23). The molecule has 0 aliphatic carbocycles. The third-order valence-corrected chi connectivity index (χ3v) is 3.68. The van der Waals surface area contributed by atoms with Gasteiger partial charge in [-0.05, 0) is 34.6 Å². The van der Waals surface area contributed by atoms with Crippen LogP contribution < -0.4 is 0 Å². The summed E-state index contributed by atoms with van der Waals surface area (Å²) in [6.45, 7) is 0. The first-order valence-electron chi connectivity index (χ1n) is 6.79. The first-order valence-corrected chi connectivity index (χ1v) is 6.79. The second-order valence-electron chi connectivity index (χ2n) is 5.03. The van der Waals surface area contributed by atoms with Gasteiger partial charge in [0, 0.05) is 23.3 Å². The van der Waals surface area contributed by atoms with Gasteiger partial charge in [-0.2, -0.15) is 5.26 Å². The number of carboxylic acid groups (broad SMARTS) is 1. The smallest absolute Gasteiger partial charge is 0.338 e. The molecule has 0 spiro atoms. The Labute approximate surface area is 138 Å². The van der Waals surface area contributed by atoms with Crippen LogP contribution in [0.5, 0.6) is 0 Å². The highest BCUT2D eigenvalue weighted by Crippen LogP contribution is 2.32. The summed E-state index contributed by atoms with van der Waals surface area (Å²) in [5, 5.41) is 23.8. The average Bonchev–Trinajstić information content (AvgIpc) is 2.97. The normalized spacial score (nSPS) is 10.4. The van der Waals surface area contributed by atoms with E-state index in [1.54, 1.807) is 0 Å². The molecule has 1 aromatic heterocycles. The van der Waals surface area contributed by atoms with E-state index >= 15 is 0 Å². The number of hydrogen-bond acceptors (Lipinski definition) is 6. The molecule has 0 fully saturated rings. The fraction of sp³-hybridized carbons (Fsp3) is 0. The number of fused-ring (bicyclic) bond motifs is 1. The minimum Gasteiger partial charge on any atom is -0.478 e. The maximum atomic E-state index is 13.9. The predicted octanol–water partition coefficient (Wildman–Crippen LogP) is 4.14. The number of nitroso groups, excluding NO2 is 2. The molecule has 3 rings (SSSR count). The number of halogens is 1. The fourth-order valence-corrected chi connectivity index (χ4v) is 2.53. The molecule has 25 heavy (non-hydrogen) atoms. The molecule has 122 valence electrons. The van der Waals surface area contributed by atoms with Gasteiger partial charge in [-0.3, -0.25) is 0 Å². The molecule has 1 heterocycles. The molecule has 0 unspecified atom stereocenters. The minimum atomic E-state index is -1.32. The number of aromatic carboxylic acids is 1. The van der Waals surface area contributed by atoms with Crippen molar-refractivity contribution in [1.82, 2.24) is 4.57 Å². The Morgan fingerprint density at radius 1 is 1.16 bits per heavy atom. The van der Waals surface area contributed by atoms with E-state index in [9.17, 15) is 24.3 Å². The third kappa shape index (κ3) is 2.51. The molecular weight excluding hydrogens is 331 g/mol. The molecule has 8 nitrogen and oxygen atoms in total. The number of aromatic nitrogens is 1. The second kappa shape index (κ2) is 5.93. The highest BCUT2D eigenvalue weighted by Gasteiger charge is 2.17. The van der Waals surface area contributed by atoms with E-state index in [1.165, 1.54) is 29.0 Å². The van der Waals surface area contributed by atoms with Crippen molar-refractivity contribution < 1.29 is 14.3 Å². The van der Waals surface area contributed by atoms with Crippen LogP contribution in [0.3, 0.4) is 0 Å². The first kappa shape index (κ1) is 15.9. The second-order valence-corrected chi connectivity index (χ2v) is 5.03. The molecule has 0 atom stereocenters. The first-order chi connectivity index (χ1) is 12.0. The van der Waals surface area contributed by atoms with E-state index in [4.69, 9.17) is 5.11 Å². The zero-order valence-electron chi connectivity index (χ0n) is 12.3. The monoisotopic (exact) mass is 338 g/mol. The van der Waals surface area contributed by atoms with E-state index in [0.29, 0.717) is 11.1 Å². The van der Waals surface area contributed by atoms with Crippen LogP contribution in [-0.2, 0) is 0 Å². The zero-order chi connectivity index (χ0) is 18.1. The number of hydrogen-bond donors (Lipinski definition) is 1. The fourth-order valence-electron chi connectivity index (χ4n) is 2.53. The summed E-state index contributed by atoms with van der Waals surface area (Å²) < 4.78 is 15.3. The molecular formula is C16H7FN4O4. The molecule has 1 N–H and O–H groups in total. The topological polar surface area (TPSA) is 125 Å². The third-order valence-electron chi connectivity index (χ3n) is 3.68. The Hall–Kier alpha value is -3.93. The van der Waals surface area contributed by atoms with Crippen LogP contribution >= 0.6 is 0 Å². The van der Waals surface area contributed by atoms with Crippen molar-refractivity contribution in [3.8, 4) is 11.8 Å². The Bertz CT molecular complexity index is 1100. The highest BCUT2D eigenvalue weighted by atomic mass is 19.1. The maximum Gasteiger partial charge on any atom is 0.338 e. The Morgan fingerprint density at radius 2 is 1.88 bits per heavy atom. The summed E-state index contributed by atoms with van der Waals surface area (Å²) in [6, 6.07) is 7.89. The molecule has 0 aliphatic rings. The summed E-state index contributed by atoms with van der Waals surface area (Å²) in [7, 11) is 0. The van der Waals surface area contributed by atoms with Crippen molar-refractivity contribution in [2.45, 2.75) is 0 Å². The summed E-state index contributed by atoms with van der Waals surface area (Å²) in [4.78, 5) is 32.6. The van der Waals surface area contributed by atoms with E-state index in [0.717, 1.165) is 12.1 Å². The van der Waals surface area contributed by atoms with Crippen molar-refractivity contribution in [3.05, 3.63) is 63.3 Å². The quantitative estimate of drug-likeness (QED) is 0.716. The number of carboxylic acids is 1. The van der Waals surface area contributed by atoms with Gasteiger partial charge < -0.3 is 9.67 Å². The van der Waals surface area contributed by atoms with Crippen LogP contribution in [-0.4, -0.2) is 15.6 Å². The molecule has 0 bridgehead atoms. The molecule has 0 saturated heterocycles. The van der Waals surface area contributed by atoms with Crippen LogP contribution in [0.4, 0.5) is 15.8 Å². The van der Waals surface area contributed by atoms with Gasteiger partial charge in [0.05, 0.1) is 16.6 Å². The van der Waals surface area contributed by atoms with Crippen molar-refractivity contribution in [2.24, 2.45) is 10.4 Å². The minimum absolute atomic E-state index is 0.155. The van der Waals surface area contributed by atoms with Crippen LogP contribution in [0.1, 0.15) is 15.9 Å². The maximum absolute atomic E-state index is 13.9. The van der Waals surface area contributed by atoms with Gasteiger partial charge in [0.15, 0.2) is 5.82 Å².